The number of amides is 1. The number of hydrogen-bond acceptors (Lipinski definition) is 7. The summed E-state index contributed by atoms with van der Waals surface area (Å²) in [7, 11) is 0. The van der Waals surface area contributed by atoms with Gasteiger partial charge in [-0.2, -0.15) is 4.98 Å². The minimum atomic E-state index is -0.926. The van der Waals surface area contributed by atoms with Crippen LogP contribution in [-0.2, 0) is 11.2 Å². The van der Waals surface area contributed by atoms with Gasteiger partial charge in [-0.15, -0.1) is 0 Å². The third-order valence-electron chi connectivity index (χ3n) is 7.00. The Morgan fingerprint density at radius 1 is 1.20 bits per heavy atom. The maximum atomic E-state index is 13.3. The fourth-order valence-corrected chi connectivity index (χ4v) is 4.78. The van der Waals surface area contributed by atoms with Crippen molar-refractivity contribution in [1.82, 2.24) is 15.0 Å². The monoisotopic (exact) mass is 487 g/mol. The third-order valence-corrected chi connectivity index (χ3v) is 7.00. The van der Waals surface area contributed by atoms with Gasteiger partial charge in [0, 0.05) is 25.6 Å². The number of alkyl halides is 1. The zero-order valence-electron chi connectivity index (χ0n) is 20.9. The topological polar surface area (TPSA) is 97.7 Å². The van der Waals surface area contributed by atoms with Gasteiger partial charge in [-0.25, -0.2) is 4.39 Å². The van der Waals surface area contributed by atoms with Gasteiger partial charge in [-0.05, 0) is 62.1 Å². The fourth-order valence-electron chi connectivity index (χ4n) is 4.78. The normalized spacial score (nSPS) is 20.0. The van der Waals surface area contributed by atoms with Crippen molar-refractivity contribution in [3.63, 3.8) is 0 Å². The Morgan fingerprint density at radius 2 is 1.94 bits per heavy atom. The zero-order chi connectivity index (χ0) is 24.8. The van der Waals surface area contributed by atoms with E-state index in [-0.39, 0.29) is 18.4 Å². The van der Waals surface area contributed by atoms with Crippen LogP contribution >= 0.6 is 0 Å². The molecule has 1 amide bonds. The number of hydrogen-bond donors (Lipinski definition) is 1. The molecule has 1 aromatic heterocycles. The zero-order valence-corrected chi connectivity index (χ0v) is 20.9. The molecule has 2 aliphatic rings. The lowest BCUT2D eigenvalue weighted by Gasteiger charge is -2.30. The van der Waals surface area contributed by atoms with E-state index in [0.717, 1.165) is 55.9 Å². The lowest BCUT2D eigenvalue weighted by atomic mass is 9.92. The molecule has 0 spiro atoms. The lowest BCUT2D eigenvalue weighted by Crippen LogP contribution is -2.44. The quantitative estimate of drug-likeness (QED) is 0.510. The number of anilines is 1. The van der Waals surface area contributed by atoms with E-state index in [4.69, 9.17) is 15.0 Å². The second-order valence-electron chi connectivity index (χ2n) is 10.1. The molecule has 3 heterocycles. The van der Waals surface area contributed by atoms with E-state index in [2.05, 4.69) is 28.9 Å². The number of aromatic nitrogens is 2. The van der Waals surface area contributed by atoms with Crippen molar-refractivity contribution in [2.45, 2.75) is 70.5 Å². The van der Waals surface area contributed by atoms with Gasteiger partial charge >= 0.3 is 6.01 Å². The molecular formula is C26H38FN5O3. The van der Waals surface area contributed by atoms with E-state index in [9.17, 15) is 9.18 Å². The van der Waals surface area contributed by atoms with Gasteiger partial charge in [0.2, 0.25) is 5.91 Å². The molecule has 4 rings (SSSR count). The SMILES string of the molecule is CC(C)c1noc(N2CCC(CCCOc3ccc(C[C@H](N)C(=O)N4CC[C@H](F)C4)cc3)CC2)n1. The van der Waals surface area contributed by atoms with Gasteiger partial charge in [-0.3, -0.25) is 4.79 Å². The van der Waals surface area contributed by atoms with Gasteiger partial charge < -0.3 is 24.8 Å². The number of nitrogens with two attached hydrogens (primary N) is 1. The van der Waals surface area contributed by atoms with Crippen molar-refractivity contribution in [2.24, 2.45) is 11.7 Å². The molecule has 1 aromatic carbocycles. The molecule has 2 N–H and O–H groups in total. The Labute approximate surface area is 207 Å². The lowest BCUT2D eigenvalue weighted by molar-refractivity contribution is -0.131. The Balaban J connectivity index is 1.12. The second-order valence-corrected chi connectivity index (χ2v) is 10.1. The van der Waals surface area contributed by atoms with E-state index in [1.54, 1.807) is 0 Å². The van der Waals surface area contributed by atoms with Crippen LogP contribution in [-0.4, -0.2) is 65.9 Å². The molecule has 2 fully saturated rings. The molecular weight excluding hydrogens is 449 g/mol. The Morgan fingerprint density at radius 3 is 2.57 bits per heavy atom. The van der Waals surface area contributed by atoms with Crippen molar-refractivity contribution in [1.29, 1.82) is 0 Å². The number of carbonyl (C=O) groups excluding carboxylic acids is 1. The van der Waals surface area contributed by atoms with Crippen molar-refractivity contribution < 1.29 is 18.4 Å². The number of ether oxygens (including phenoxy) is 1. The molecule has 0 radical (unpaired) electrons. The minimum Gasteiger partial charge on any atom is -0.494 e. The summed E-state index contributed by atoms with van der Waals surface area (Å²) in [6.07, 6.45) is 4.31. The maximum Gasteiger partial charge on any atom is 0.324 e. The number of rotatable bonds is 10. The Hall–Kier alpha value is -2.68. The van der Waals surface area contributed by atoms with Crippen molar-refractivity contribution in [2.75, 3.05) is 37.7 Å². The second kappa shape index (κ2) is 11.8. The largest absolute Gasteiger partial charge is 0.494 e. The van der Waals surface area contributed by atoms with Gasteiger partial charge in [0.25, 0.3) is 0 Å². The Bertz CT molecular complexity index is 943. The molecule has 0 saturated carbocycles. The molecule has 0 unspecified atom stereocenters. The van der Waals surface area contributed by atoms with Crippen LogP contribution in [0.3, 0.4) is 0 Å². The minimum absolute atomic E-state index is 0.163. The van der Waals surface area contributed by atoms with E-state index < -0.39 is 12.2 Å². The standard InChI is InChI=1S/C26H38FN5O3/c1-18(2)24-29-26(35-30-24)31-12-9-19(10-13-31)4-3-15-34-22-7-5-20(6-8-22)16-23(28)25(33)32-14-11-21(27)17-32/h5-8,18-19,21,23H,3-4,9-17,28H2,1-2H3/t21-,23-/m0/s1. The highest BCUT2D eigenvalue weighted by atomic mass is 19.1. The average Bonchev–Trinajstić information content (AvgIpc) is 3.52. The van der Waals surface area contributed by atoms with Gasteiger partial charge in [0.1, 0.15) is 11.9 Å². The van der Waals surface area contributed by atoms with Crippen LogP contribution in [0.15, 0.2) is 28.8 Å². The van der Waals surface area contributed by atoms with Crippen molar-refractivity contribution >= 4 is 11.9 Å². The first-order valence-electron chi connectivity index (χ1n) is 12.9. The maximum absolute atomic E-state index is 13.3. The highest BCUT2D eigenvalue weighted by molar-refractivity contribution is 5.82. The number of likely N-dealkylation sites (tertiary alicyclic amines) is 1. The number of halogens is 1. The van der Waals surface area contributed by atoms with Crippen LogP contribution in [0.5, 0.6) is 5.75 Å². The predicted octanol–water partition coefficient (Wildman–Crippen LogP) is 3.71. The molecule has 2 aromatic rings. The van der Waals surface area contributed by atoms with E-state index in [0.29, 0.717) is 37.9 Å². The average molecular weight is 488 g/mol. The first-order chi connectivity index (χ1) is 16.9. The highest BCUT2D eigenvalue weighted by Gasteiger charge is 2.29. The summed E-state index contributed by atoms with van der Waals surface area (Å²) < 4.78 is 24.7. The summed E-state index contributed by atoms with van der Waals surface area (Å²) >= 11 is 0. The molecule has 0 bridgehead atoms. The van der Waals surface area contributed by atoms with E-state index >= 15 is 0 Å². The highest BCUT2D eigenvalue weighted by Crippen LogP contribution is 2.26. The molecule has 2 saturated heterocycles. The van der Waals surface area contributed by atoms with Crippen LogP contribution in [0, 0.1) is 5.92 Å². The smallest absolute Gasteiger partial charge is 0.324 e. The summed E-state index contributed by atoms with van der Waals surface area (Å²) in [5.74, 6) is 2.37. The molecule has 2 atom stereocenters. The van der Waals surface area contributed by atoms with Gasteiger partial charge in [0.15, 0.2) is 5.82 Å². The fraction of sp³-hybridized carbons (Fsp3) is 0.654. The summed E-state index contributed by atoms with van der Waals surface area (Å²) in [6.45, 7) is 7.32. The van der Waals surface area contributed by atoms with E-state index in [1.807, 2.05) is 24.3 Å². The summed E-state index contributed by atoms with van der Waals surface area (Å²) in [4.78, 5) is 20.6. The predicted molar refractivity (Wildman–Crippen MR) is 132 cm³/mol. The molecule has 8 nitrogen and oxygen atoms in total. The third kappa shape index (κ3) is 6.93. The molecule has 9 heteroatoms. The molecule has 0 aliphatic carbocycles. The number of benzene rings is 1. The van der Waals surface area contributed by atoms with E-state index in [1.165, 1.54) is 4.90 Å². The molecule has 35 heavy (non-hydrogen) atoms. The van der Waals surface area contributed by atoms with Crippen LogP contribution in [0.25, 0.3) is 0 Å². The summed E-state index contributed by atoms with van der Waals surface area (Å²) in [6, 6.07) is 7.75. The molecule has 2 aliphatic heterocycles. The van der Waals surface area contributed by atoms with Crippen molar-refractivity contribution in [3.8, 4) is 5.75 Å². The number of carbonyl (C=O) groups is 1. The van der Waals surface area contributed by atoms with Crippen LogP contribution in [0.4, 0.5) is 10.4 Å². The summed E-state index contributed by atoms with van der Waals surface area (Å²) in [5, 5.41) is 4.07. The van der Waals surface area contributed by atoms with Crippen LogP contribution < -0.4 is 15.4 Å². The van der Waals surface area contributed by atoms with Crippen molar-refractivity contribution in [3.05, 3.63) is 35.7 Å². The van der Waals surface area contributed by atoms with Gasteiger partial charge in [-0.1, -0.05) is 31.1 Å². The Kier molecular flexibility index (Phi) is 8.59. The van der Waals surface area contributed by atoms with Gasteiger partial charge in [0.05, 0.1) is 19.2 Å². The number of piperidine rings is 1. The summed E-state index contributed by atoms with van der Waals surface area (Å²) in [5.41, 5.74) is 7.05. The van der Waals surface area contributed by atoms with Crippen LogP contribution in [0.2, 0.25) is 0 Å². The number of nitrogens with zero attached hydrogens (tertiary/aromatic N) is 4. The first kappa shape index (κ1) is 25.4. The molecule has 192 valence electrons. The first-order valence-corrected chi connectivity index (χ1v) is 12.9. The van der Waals surface area contributed by atoms with Crippen LogP contribution in [0.1, 0.15) is 63.3 Å².